The lowest BCUT2D eigenvalue weighted by Gasteiger charge is -2.17. The molecule has 15 heavy (non-hydrogen) atoms. The minimum Gasteiger partial charge on any atom is -0.328 e. The lowest BCUT2D eigenvalue weighted by Crippen LogP contribution is -2.29. The second-order valence-electron chi connectivity index (χ2n) is 4.63. The third kappa shape index (κ3) is 2.80. The van der Waals surface area contributed by atoms with Crippen LogP contribution in [0.15, 0.2) is 30.3 Å². The van der Waals surface area contributed by atoms with E-state index in [-0.39, 0.29) is 0 Å². The molecule has 82 valence electrons. The highest BCUT2D eigenvalue weighted by molar-refractivity contribution is 5.14. The van der Waals surface area contributed by atoms with Crippen LogP contribution in [-0.2, 0) is 6.54 Å². The van der Waals surface area contributed by atoms with Crippen LogP contribution in [0.1, 0.15) is 18.9 Å². The zero-order valence-corrected chi connectivity index (χ0v) is 9.39. The topological polar surface area (TPSA) is 29.3 Å². The fourth-order valence-corrected chi connectivity index (χ4v) is 2.28. The molecule has 2 N–H and O–H groups in total. The number of hydrogen-bond acceptors (Lipinski definition) is 2. The summed E-state index contributed by atoms with van der Waals surface area (Å²) in [6.45, 7) is 5.55. The van der Waals surface area contributed by atoms with E-state index in [2.05, 4.69) is 42.2 Å². The van der Waals surface area contributed by atoms with Gasteiger partial charge in [0.05, 0.1) is 0 Å². The molecule has 2 rings (SSSR count). The number of nitrogens with zero attached hydrogens (tertiary/aromatic N) is 1. The smallest absolute Gasteiger partial charge is 0.0233 e. The molecule has 0 aromatic heterocycles. The molecule has 0 saturated carbocycles. The molecule has 2 heteroatoms. The molecule has 0 radical (unpaired) electrons. The highest BCUT2D eigenvalue weighted by atomic mass is 15.1. The molecule has 1 aliphatic rings. The van der Waals surface area contributed by atoms with E-state index in [1.54, 1.807) is 0 Å². The van der Waals surface area contributed by atoms with E-state index in [9.17, 15) is 0 Å². The maximum absolute atomic E-state index is 5.93. The van der Waals surface area contributed by atoms with Crippen LogP contribution in [0, 0.1) is 5.92 Å². The molecule has 0 aliphatic carbocycles. The van der Waals surface area contributed by atoms with Gasteiger partial charge in [0, 0.05) is 19.1 Å². The summed E-state index contributed by atoms with van der Waals surface area (Å²) in [4.78, 5) is 2.50. The molecule has 0 bridgehead atoms. The van der Waals surface area contributed by atoms with Crippen LogP contribution in [0.5, 0.6) is 0 Å². The van der Waals surface area contributed by atoms with Crippen LogP contribution in [0.25, 0.3) is 0 Å². The van der Waals surface area contributed by atoms with Crippen molar-refractivity contribution in [1.29, 1.82) is 0 Å². The highest BCUT2D eigenvalue weighted by Gasteiger charge is 2.24. The Hall–Kier alpha value is -0.860. The first-order chi connectivity index (χ1) is 7.25. The average Bonchev–Trinajstić information content (AvgIpc) is 2.68. The summed E-state index contributed by atoms with van der Waals surface area (Å²) < 4.78 is 0. The first kappa shape index (κ1) is 10.7. The SMILES string of the molecule is C[C@@H](N)[C@H]1CCN(Cc2ccccc2)C1. The summed E-state index contributed by atoms with van der Waals surface area (Å²) in [5.74, 6) is 0.689. The maximum atomic E-state index is 5.93. The Balaban J connectivity index is 1.88. The van der Waals surface area contributed by atoms with Crippen molar-refractivity contribution < 1.29 is 0 Å². The van der Waals surface area contributed by atoms with Gasteiger partial charge < -0.3 is 5.73 Å². The lowest BCUT2D eigenvalue weighted by molar-refractivity contribution is 0.308. The zero-order valence-electron chi connectivity index (χ0n) is 9.39. The van der Waals surface area contributed by atoms with Crippen molar-refractivity contribution in [3.8, 4) is 0 Å². The number of hydrogen-bond donors (Lipinski definition) is 1. The minimum absolute atomic E-state index is 0.339. The zero-order chi connectivity index (χ0) is 10.7. The Morgan fingerprint density at radius 1 is 1.40 bits per heavy atom. The van der Waals surface area contributed by atoms with Gasteiger partial charge in [0.15, 0.2) is 0 Å². The molecule has 1 fully saturated rings. The molecular formula is C13H20N2. The predicted octanol–water partition coefficient (Wildman–Crippen LogP) is 1.86. The van der Waals surface area contributed by atoms with Crippen LogP contribution in [0.4, 0.5) is 0 Å². The van der Waals surface area contributed by atoms with E-state index in [1.807, 2.05) is 0 Å². The van der Waals surface area contributed by atoms with Gasteiger partial charge in [-0.3, -0.25) is 4.90 Å². The van der Waals surface area contributed by atoms with E-state index in [0.29, 0.717) is 12.0 Å². The van der Waals surface area contributed by atoms with Gasteiger partial charge in [0.25, 0.3) is 0 Å². The van der Waals surface area contributed by atoms with Gasteiger partial charge in [-0.25, -0.2) is 0 Å². The third-order valence-corrected chi connectivity index (χ3v) is 3.30. The summed E-state index contributed by atoms with van der Waals surface area (Å²) in [5, 5.41) is 0. The van der Waals surface area contributed by atoms with Crippen molar-refractivity contribution in [1.82, 2.24) is 4.90 Å². The molecular weight excluding hydrogens is 184 g/mol. The molecule has 2 nitrogen and oxygen atoms in total. The number of likely N-dealkylation sites (tertiary alicyclic amines) is 1. The number of rotatable bonds is 3. The normalized spacial score (nSPS) is 24.3. The summed E-state index contributed by atoms with van der Waals surface area (Å²) >= 11 is 0. The van der Waals surface area contributed by atoms with E-state index in [1.165, 1.54) is 18.5 Å². The van der Waals surface area contributed by atoms with Crippen molar-refractivity contribution in [2.75, 3.05) is 13.1 Å². The van der Waals surface area contributed by atoms with Gasteiger partial charge in [-0.1, -0.05) is 30.3 Å². The van der Waals surface area contributed by atoms with Gasteiger partial charge >= 0.3 is 0 Å². The molecule has 1 aromatic carbocycles. The predicted molar refractivity (Wildman–Crippen MR) is 63.5 cm³/mol. The van der Waals surface area contributed by atoms with Crippen molar-refractivity contribution in [2.24, 2.45) is 11.7 Å². The first-order valence-electron chi connectivity index (χ1n) is 5.77. The lowest BCUT2D eigenvalue weighted by atomic mass is 10.0. The largest absolute Gasteiger partial charge is 0.328 e. The van der Waals surface area contributed by atoms with Crippen LogP contribution in [-0.4, -0.2) is 24.0 Å². The quantitative estimate of drug-likeness (QED) is 0.814. The van der Waals surface area contributed by atoms with Crippen LogP contribution >= 0.6 is 0 Å². The molecule has 2 atom stereocenters. The molecule has 0 spiro atoms. The Labute approximate surface area is 92.1 Å². The van der Waals surface area contributed by atoms with E-state index >= 15 is 0 Å². The van der Waals surface area contributed by atoms with E-state index < -0.39 is 0 Å². The van der Waals surface area contributed by atoms with Gasteiger partial charge in [-0.2, -0.15) is 0 Å². The molecule has 1 aliphatic heterocycles. The van der Waals surface area contributed by atoms with Crippen molar-refractivity contribution >= 4 is 0 Å². The fourth-order valence-electron chi connectivity index (χ4n) is 2.28. The van der Waals surface area contributed by atoms with Crippen LogP contribution < -0.4 is 5.73 Å². The van der Waals surface area contributed by atoms with Gasteiger partial charge in [0.1, 0.15) is 0 Å². The Morgan fingerprint density at radius 2 is 2.13 bits per heavy atom. The molecule has 1 aromatic rings. The van der Waals surface area contributed by atoms with Crippen molar-refractivity contribution in [3.63, 3.8) is 0 Å². The number of nitrogens with two attached hydrogens (primary N) is 1. The maximum Gasteiger partial charge on any atom is 0.0233 e. The Morgan fingerprint density at radius 3 is 2.73 bits per heavy atom. The van der Waals surface area contributed by atoms with E-state index in [0.717, 1.165) is 13.1 Å². The molecule has 0 unspecified atom stereocenters. The minimum atomic E-state index is 0.339. The van der Waals surface area contributed by atoms with Crippen LogP contribution in [0.3, 0.4) is 0 Å². The highest BCUT2D eigenvalue weighted by Crippen LogP contribution is 2.20. The second kappa shape index (κ2) is 4.77. The monoisotopic (exact) mass is 204 g/mol. The standard InChI is InChI=1S/C13H20N2/c1-11(14)13-7-8-15(10-13)9-12-5-3-2-4-6-12/h2-6,11,13H,7-10,14H2,1H3/t11-,13+/m1/s1. The Kier molecular flexibility index (Phi) is 3.39. The molecule has 0 amide bonds. The summed E-state index contributed by atoms with van der Waals surface area (Å²) in [5.41, 5.74) is 7.33. The van der Waals surface area contributed by atoms with Gasteiger partial charge in [-0.15, -0.1) is 0 Å². The summed E-state index contributed by atoms with van der Waals surface area (Å²) in [6.07, 6.45) is 1.25. The van der Waals surface area contributed by atoms with Gasteiger partial charge in [0.2, 0.25) is 0 Å². The number of benzene rings is 1. The van der Waals surface area contributed by atoms with Gasteiger partial charge in [-0.05, 0) is 31.4 Å². The van der Waals surface area contributed by atoms with Crippen LogP contribution in [0.2, 0.25) is 0 Å². The van der Waals surface area contributed by atoms with Crippen molar-refractivity contribution in [3.05, 3.63) is 35.9 Å². The summed E-state index contributed by atoms with van der Waals surface area (Å²) in [7, 11) is 0. The Bertz CT molecular complexity index is 295. The molecule has 1 saturated heterocycles. The third-order valence-electron chi connectivity index (χ3n) is 3.30. The first-order valence-corrected chi connectivity index (χ1v) is 5.77. The fraction of sp³-hybridized carbons (Fsp3) is 0.538. The van der Waals surface area contributed by atoms with Crippen molar-refractivity contribution in [2.45, 2.75) is 25.9 Å². The van der Waals surface area contributed by atoms with E-state index in [4.69, 9.17) is 5.73 Å². The summed E-state index contributed by atoms with van der Waals surface area (Å²) in [6, 6.07) is 11.0. The average molecular weight is 204 g/mol. The second-order valence-corrected chi connectivity index (χ2v) is 4.63. The molecule has 1 heterocycles.